The van der Waals surface area contributed by atoms with Gasteiger partial charge in [-0.3, -0.25) is 13.7 Å². The molecule has 1 aliphatic rings. The van der Waals surface area contributed by atoms with Crippen LogP contribution in [0.1, 0.15) is 59.5 Å². The second-order valence-electron chi connectivity index (χ2n) is 23.0. The summed E-state index contributed by atoms with van der Waals surface area (Å²) < 4.78 is 65.5. The highest BCUT2D eigenvalue weighted by Crippen LogP contribution is 2.50. The molecule has 0 saturated heterocycles. The fourth-order valence-corrected chi connectivity index (χ4v) is 12.0. The number of benzene rings is 10. The molecule has 6 heteroatoms. The van der Waals surface area contributed by atoms with Crippen LogP contribution in [-0.4, -0.2) is 14.1 Å². The number of hydrogen-bond donors (Lipinski definition) is 0. The van der Waals surface area contributed by atoms with Gasteiger partial charge in [0.05, 0.1) is 40.3 Å². The lowest BCUT2D eigenvalue weighted by atomic mass is 9.79. The van der Waals surface area contributed by atoms with E-state index in [1.165, 1.54) is 5.56 Å². The Morgan fingerprint density at radius 2 is 1.15 bits per heavy atom. The normalized spacial score (nSPS) is 13.2. The summed E-state index contributed by atoms with van der Waals surface area (Å²) in [6, 6.07) is 65.0. The van der Waals surface area contributed by atoms with Gasteiger partial charge in [-0.25, -0.2) is 4.98 Å². The lowest BCUT2D eigenvalue weighted by Crippen LogP contribution is -2.32. The Morgan fingerprint density at radius 1 is 0.487 bits per heavy atom. The standard InChI is InChI=1S/C74H56N4O2/c1-73(2,3)48-37-38-75-69(42-48)78-64-30-14-12-25-56(64)57-35-34-52(44-66(57)78)79-51-22-16-21-50(43-51)76-45-77-71-61(47-33-36-68-62(39-47)58-26-13-15-32-67(58)80-68)40-49(74(4,5)6)41-63(71)70-53(46-19-8-7-9-20-46)27-17-28-59(70)54-23-10-11-24-55(54)60-29-18-31-65(76)72(60)77/h7-44H,1-6H3/i7D,8D,9D,19D,20D. The highest BCUT2D eigenvalue weighted by molar-refractivity contribution is 6.10. The molecule has 0 N–H and O–H groups in total. The molecule has 0 aliphatic carbocycles. The maximum atomic E-state index is 9.51. The summed E-state index contributed by atoms with van der Waals surface area (Å²) >= 11 is 0. The molecule has 14 aromatic rings. The van der Waals surface area contributed by atoms with Gasteiger partial charge in [0.15, 0.2) is 0 Å². The molecule has 80 heavy (non-hydrogen) atoms. The number of nitrogens with zero attached hydrogens (tertiary/aromatic N) is 4. The summed E-state index contributed by atoms with van der Waals surface area (Å²) in [4.78, 5) is 4.92. The minimum atomic E-state index is -0.446. The largest absolute Gasteiger partial charge is 0.458 e. The molecule has 0 amide bonds. The topological polar surface area (TPSA) is 49.0 Å². The summed E-state index contributed by atoms with van der Waals surface area (Å²) in [6.45, 7) is 13.3. The Hall–Kier alpha value is -9.78. The first-order valence-corrected chi connectivity index (χ1v) is 27.2. The van der Waals surface area contributed by atoms with E-state index in [1.807, 2.05) is 66.9 Å². The zero-order valence-electron chi connectivity index (χ0n) is 50.2. The van der Waals surface area contributed by atoms with Crippen molar-refractivity contribution >= 4 is 54.8 Å². The number of pyridine rings is 1. The molecule has 0 spiro atoms. The SMILES string of the molecule is [2H]c1c([2H])c([2H])c(-c2cccc3c2-c2cc(C(C)(C)C)cc(-c4ccc5oc6ccccc6c5c4)c2-[n+]2[c-]n(-c4cccc(Oc5ccc6c7ccccc7n(-c7cc(C(C)(C)C)ccn7)c6c5)c4)c4cccc(c42)-c2ccccc2-3)c([2H])c1[2H]. The smallest absolute Gasteiger partial charge is 0.269 e. The van der Waals surface area contributed by atoms with Gasteiger partial charge in [-0.15, -0.1) is 0 Å². The number of imidazole rings is 1. The van der Waals surface area contributed by atoms with Crippen LogP contribution in [0.15, 0.2) is 235 Å². The predicted molar refractivity (Wildman–Crippen MR) is 328 cm³/mol. The molecule has 0 atom stereocenters. The molecular weight excluding hydrogens is 977 g/mol. The van der Waals surface area contributed by atoms with Gasteiger partial charge in [0.25, 0.3) is 6.33 Å². The maximum Gasteiger partial charge on any atom is 0.269 e. The highest BCUT2D eigenvalue weighted by atomic mass is 16.5. The van der Waals surface area contributed by atoms with Crippen molar-refractivity contribution < 1.29 is 20.6 Å². The van der Waals surface area contributed by atoms with Gasteiger partial charge in [-0.1, -0.05) is 193 Å². The first kappa shape index (κ1) is 42.3. The summed E-state index contributed by atoms with van der Waals surface area (Å²) in [7, 11) is 0. The van der Waals surface area contributed by atoms with Crippen LogP contribution in [-0.2, 0) is 10.8 Å². The molecule has 10 aromatic carbocycles. The van der Waals surface area contributed by atoms with Crippen molar-refractivity contribution in [3.05, 3.63) is 248 Å². The molecule has 15 rings (SSSR count). The zero-order valence-corrected chi connectivity index (χ0v) is 45.2. The van der Waals surface area contributed by atoms with E-state index in [0.717, 1.165) is 122 Å². The Balaban J connectivity index is 0.996. The summed E-state index contributed by atoms with van der Waals surface area (Å²) in [6.07, 6.45) is 5.86. The predicted octanol–water partition coefficient (Wildman–Crippen LogP) is 19.1. The van der Waals surface area contributed by atoms with Gasteiger partial charge >= 0.3 is 0 Å². The summed E-state index contributed by atoms with van der Waals surface area (Å²) in [5.41, 5.74) is 16.4. The zero-order chi connectivity index (χ0) is 58.4. The molecule has 0 radical (unpaired) electrons. The second-order valence-corrected chi connectivity index (χ2v) is 23.0. The van der Waals surface area contributed by atoms with Crippen molar-refractivity contribution in [3.63, 3.8) is 0 Å². The Kier molecular flexibility index (Phi) is 9.45. The fraction of sp³-hybridized carbons (Fsp3) is 0.108. The molecule has 6 nitrogen and oxygen atoms in total. The molecule has 0 unspecified atom stereocenters. The third-order valence-electron chi connectivity index (χ3n) is 16.0. The first-order chi connectivity index (χ1) is 41.0. The van der Waals surface area contributed by atoms with Gasteiger partial charge in [-0.2, -0.15) is 0 Å². The van der Waals surface area contributed by atoms with Crippen LogP contribution in [0.5, 0.6) is 11.5 Å². The number of rotatable bonds is 6. The second kappa shape index (κ2) is 17.9. The van der Waals surface area contributed by atoms with Crippen molar-refractivity contribution in [2.75, 3.05) is 0 Å². The fourth-order valence-electron chi connectivity index (χ4n) is 12.0. The van der Waals surface area contributed by atoms with E-state index >= 15 is 0 Å². The Bertz CT molecular complexity index is 5120. The van der Waals surface area contributed by atoms with Crippen LogP contribution in [0.2, 0.25) is 0 Å². The lowest BCUT2D eigenvalue weighted by Gasteiger charge is -2.27. The molecular formula is C74H56N4O2. The molecule has 1 aliphatic heterocycles. The number of furan rings is 1. The van der Waals surface area contributed by atoms with E-state index < -0.39 is 18.1 Å². The van der Waals surface area contributed by atoms with Gasteiger partial charge in [0.1, 0.15) is 28.5 Å². The van der Waals surface area contributed by atoms with Crippen molar-refractivity contribution in [2.45, 2.75) is 52.4 Å². The van der Waals surface area contributed by atoms with E-state index in [2.05, 4.69) is 195 Å². The number of hydrogen-bond acceptors (Lipinski definition) is 3. The quantitative estimate of drug-likeness (QED) is 0.123. The molecule has 4 aromatic heterocycles. The van der Waals surface area contributed by atoms with E-state index in [9.17, 15) is 2.74 Å². The van der Waals surface area contributed by atoms with Crippen LogP contribution in [0.4, 0.5) is 0 Å². The van der Waals surface area contributed by atoms with Gasteiger partial charge in [-0.05, 0) is 144 Å². The van der Waals surface area contributed by atoms with Crippen molar-refractivity contribution in [2.24, 2.45) is 0 Å². The summed E-state index contributed by atoms with van der Waals surface area (Å²) in [5.74, 6) is 2.14. The highest BCUT2D eigenvalue weighted by Gasteiger charge is 2.31. The third-order valence-corrected chi connectivity index (χ3v) is 16.0. The average molecular weight is 1040 g/mol. The first-order valence-electron chi connectivity index (χ1n) is 29.7. The number of aromatic nitrogens is 4. The van der Waals surface area contributed by atoms with E-state index in [0.29, 0.717) is 17.1 Å². The number of fused-ring (bicyclic) bond motifs is 13. The van der Waals surface area contributed by atoms with Gasteiger partial charge in [0.2, 0.25) is 0 Å². The summed E-state index contributed by atoms with van der Waals surface area (Å²) in [5, 5.41) is 4.20. The van der Waals surface area contributed by atoms with Crippen LogP contribution in [0.25, 0.3) is 128 Å². The van der Waals surface area contributed by atoms with E-state index in [1.54, 1.807) is 0 Å². The molecule has 0 bridgehead atoms. The number of ether oxygens (including phenoxy) is 1. The Morgan fingerprint density at radius 3 is 1.99 bits per heavy atom. The van der Waals surface area contributed by atoms with E-state index in [-0.39, 0.29) is 28.5 Å². The molecule has 0 saturated carbocycles. The Labute approximate surface area is 472 Å². The maximum absolute atomic E-state index is 9.51. The van der Waals surface area contributed by atoms with Crippen LogP contribution in [0, 0.1) is 6.33 Å². The minimum absolute atomic E-state index is 0.0713. The lowest BCUT2D eigenvalue weighted by molar-refractivity contribution is -0.570. The number of para-hydroxylation sites is 3. The van der Waals surface area contributed by atoms with Gasteiger partial charge < -0.3 is 9.15 Å². The average Bonchev–Trinajstić information content (AvgIpc) is 1.90. The van der Waals surface area contributed by atoms with E-state index in [4.69, 9.17) is 18.3 Å². The minimum Gasteiger partial charge on any atom is -0.458 e. The molecule has 0 fully saturated rings. The van der Waals surface area contributed by atoms with Crippen molar-refractivity contribution in [3.8, 4) is 84.3 Å². The van der Waals surface area contributed by atoms with Crippen molar-refractivity contribution in [1.29, 1.82) is 0 Å². The van der Waals surface area contributed by atoms with Crippen LogP contribution >= 0.6 is 0 Å². The molecule has 5 heterocycles. The van der Waals surface area contributed by atoms with Crippen molar-refractivity contribution in [1.82, 2.24) is 14.1 Å². The third kappa shape index (κ3) is 7.61. The monoisotopic (exact) mass is 1040 g/mol. The van der Waals surface area contributed by atoms with Gasteiger partial charge in [0, 0.05) is 33.8 Å². The molecule has 384 valence electrons. The van der Waals surface area contributed by atoms with Crippen LogP contribution < -0.4 is 9.30 Å². The van der Waals surface area contributed by atoms with Crippen LogP contribution in [0.3, 0.4) is 0 Å².